The average Bonchev–Trinajstić information content (AvgIpc) is 2.38. The molecule has 0 N–H and O–H groups in total. The van der Waals surface area contributed by atoms with E-state index in [-0.39, 0.29) is 0 Å². The maximum atomic E-state index is 11.0. The van der Waals surface area contributed by atoms with Gasteiger partial charge >= 0.3 is 10.1 Å². The molecule has 0 atom stereocenters. The smallest absolute Gasteiger partial charge is 0.325 e. The summed E-state index contributed by atoms with van der Waals surface area (Å²) < 4.78 is 31.5. The minimum atomic E-state index is -3.61. The Balaban J connectivity index is 3.21. The second-order valence-electron chi connectivity index (χ2n) is 3.83. The highest BCUT2D eigenvalue weighted by Gasteiger charge is 2.10. The van der Waals surface area contributed by atoms with Gasteiger partial charge in [0, 0.05) is 5.56 Å². The fourth-order valence-corrected chi connectivity index (χ4v) is 1.74. The van der Waals surface area contributed by atoms with Crippen molar-refractivity contribution in [1.82, 2.24) is 0 Å². The van der Waals surface area contributed by atoms with E-state index in [4.69, 9.17) is 4.74 Å². The third-order valence-electron chi connectivity index (χ3n) is 2.41. The van der Waals surface area contributed by atoms with E-state index >= 15 is 0 Å². The number of ether oxygens (including phenoxy) is 1. The number of benzene rings is 1. The van der Waals surface area contributed by atoms with E-state index in [9.17, 15) is 8.42 Å². The van der Waals surface area contributed by atoms with E-state index in [1.54, 1.807) is 31.4 Å². The van der Waals surface area contributed by atoms with E-state index in [0.717, 1.165) is 17.4 Å². The summed E-state index contributed by atoms with van der Waals surface area (Å²) in [6.45, 7) is 5.59. The van der Waals surface area contributed by atoms with Crippen molar-refractivity contribution in [1.29, 1.82) is 0 Å². The van der Waals surface area contributed by atoms with Crippen LogP contribution in [0.4, 0.5) is 0 Å². The molecule has 5 nitrogen and oxygen atoms in total. The molecule has 0 saturated heterocycles. The van der Waals surface area contributed by atoms with Gasteiger partial charge in [-0.15, -0.1) is 0 Å². The first-order valence-corrected chi connectivity index (χ1v) is 7.49. The molecule has 1 aromatic rings. The van der Waals surface area contributed by atoms with Gasteiger partial charge in [-0.3, -0.25) is 4.28 Å². The van der Waals surface area contributed by atoms with Crippen LogP contribution in [0.25, 0.3) is 6.08 Å². The first-order valence-electron chi connectivity index (χ1n) is 5.67. The lowest BCUT2D eigenvalue weighted by Crippen LogP contribution is -2.06. The molecule has 0 aliphatic heterocycles. The van der Waals surface area contributed by atoms with Crippen LogP contribution in [0, 0.1) is 0 Å². The highest BCUT2D eigenvalue weighted by atomic mass is 32.2. The maximum Gasteiger partial charge on any atom is 0.325 e. The van der Waals surface area contributed by atoms with Gasteiger partial charge in [0.25, 0.3) is 0 Å². The highest BCUT2D eigenvalue weighted by molar-refractivity contribution is 7.85. The molecule has 0 aromatic heterocycles. The standard InChI is InChI=1S/C13H17NO4S/c1-5-10-9-11(17-3)7-8-12(10)13(6-2)14-18-19(4,15)16/h5,7-9H,1,6H2,2-4H3. The summed E-state index contributed by atoms with van der Waals surface area (Å²) in [5.41, 5.74) is 2.10. The lowest BCUT2D eigenvalue weighted by Gasteiger charge is -2.09. The monoisotopic (exact) mass is 283 g/mol. The van der Waals surface area contributed by atoms with Crippen LogP contribution in [-0.2, 0) is 14.4 Å². The van der Waals surface area contributed by atoms with Crippen molar-refractivity contribution in [2.24, 2.45) is 5.16 Å². The molecule has 0 radical (unpaired) electrons. The summed E-state index contributed by atoms with van der Waals surface area (Å²) in [6.07, 6.45) is 3.14. The first-order chi connectivity index (χ1) is 8.91. The second-order valence-corrected chi connectivity index (χ2v) is 5.38. The van der Waals surface area contributed by atoms with Gasteiger partial charge in [-0.1, -0.05) is 24.7 Å². The van der Waals surface area contributed by atoms with Gasteiger partial charge in [0.2, 0.25) is 0 Å². The topological polar surface area (TPSA) is 65.0 Å². The van der Waals surface area contributed by atoms with Gasteiger partial charge in [0.1, 0.15) is 5.75 Å². The van der Waals surface area contributed by atoms with E-state index in [1.807, 2.05) is 6.92 Å². The molecule has 104 valence electrons. The van der Waals surface area contributed by atoms with Gasteiger partial charge in [-0.05, 0) is 30.2 Å². The van der Waals surface area contributed by atoms with Crippen LogP contribution in [0.1, 0.15) is 24.5 Å². The summed E-state index contributed by atoms with van der Waals surface area (Å²) in [7, 11) is -2.03. The van der Waals surface area contributed by atoms with Crippen molar-refractivity contribution in [3.05, 3.63) is 35.9 Å². The predicted molar refractivity (Wildman–Crippen MR) is 75.8 cm³/mol. The number of nitrogens with zero attached hydrogens (tertiary/aromatic N) is 1. The molecule has 0 fully saturated rings. The fraction of sp³-hybridized carbons (Fsp3) is 0.308. The van der Waals surface area contributed by atoms with E-state index in [2.05, 4.69) is 16.0 Å². The minimum Gasteiger partial charge on any atom is -0.497 e. The first kappa shape index (κ1) is 15.2. The van der Waals surface area contributed by atoms with Gasteiger partial charge in [0.05, 0.1) is 19.1 Å². The molecule has 0 saturated carbocycles. The summed E-state index contributed by atoms with van der Waals surface area (Å²) in [6, 6.07) is 5.37. The summed E-state index contributed by atoms with van der Waals surface area (Å²) in [4.78, 5) is 0. The highest BCUT2D eigenvalue weighted by Crippen LogP contribution is 2.20. The molecule has 0 heterocycles. The Hall–Kier alpha value is -1.82. The number of rotatable bonds is 6. The van der Waals surface area contributed by atoms with Gasteiger partial charge in [-0.25, -0.2) is 0 Å². The molecule has 19 heavy (non-hydrogen) atoms. The van der Waals surface area contributed by atoms with Crippen molar-refractivity contribution >= 4 is 21.9 Å². The van der Waals surface area contributed by atoms with Gasteiger partial charge in [0.15, 0.2) is 0 Å². The Bertz CT molecular complexity index is 591. The lowest BCUT2D eigenvalue weighted by molar-refractivity contribution is 0.342. The van der Waals surface area contributed by atoms with Crippen LogP contribution in [0.15, 0.2) is 29.9 Å². The Kier molecular flexibility index (Phi) is 5.11. The zero-order chi connectivity index (χ0) is 14.5. The largest absolute Gasteiger partial charge is 0.497 e. The molecule has 0 bridgehead atoms. The Morgan fingerprint density at radius 1 is 1.47 bits per heavy atom. The van der Waals surface area contributed by atoms with Crippen LogP contribution < -0.4 is 4.74 Å². The van der Waals surface area contributed by atoms with Crippen molar-refractivity contribution in [2.45, 2.75) is 13.3 Å². The Morgan fingerprint density at radius 2 is 2.16 bits per heavy atom. The molecule has 0 aliphatic carbocycles. The normalized spacial score (nSPS) is 12.1. The van der Waals surface area contributed by atoms with Crippen LogP contribution >= 0.6 is 0 Å². The Morgan fingerprint density at radius 3 is 2.63 bits per heavy atom. The van der Waals surface area contributed by atoms with E-state index in [1.165, 1.54) is 0 Å². The lowest BCUT2D eigenvalue weighted by atomic mass is 10.0. The summed E-state index contributed by atoms with van der Waals surface area (Å²) in [5.74, 6) is 0.693. The number of hydrogen-bond donors (Lipinski definition) is 0. The molecule has 1 aromatic carbocycles. The summed E-state index contributed by atoms with van der Waals surface area (Å²) in [5, 5.41) is 3.69. The molecule has 1 rings (SSSR count). The predicted octanol–water partition coefficient (Wildman–Crippen LogP) is 2.43. The van der Waals surface area contributed by atoms with Crippen LogP contribution in [0.3, 0.4) is 0 Å². The van der Waals surface area contributed by atoms with E-state index < -0.39 is 10.1 Å². The SMILES string of the molecule is C=Cc1cc(OC)ccc1C(CC)=NOS(C)(=O)=O. The fourth-order valence-electron chi connectivity index (χ4n) is 1.52. The molecule has 0 unspecified atom stereocenters. The maximum absolute atomic E-state index is 11.0. The third-order valence-corrected chi connectivity index (χ3v) is 2.75. The van der Waals surface area contributed by atoms with Crippen molar-refractivity contribution in [3.63, 3.8) is 0 Å². The Labute approximate surface area is 113 Å². The molecular formula is C13H17NO4S. The van der Waals surface area contributed by atoms with Crippen molar-refractivity contribution < 1.29 is 17.4 Å². The second kappa shape index (κ2) is 6.38. The molecule has 6 heteroatoms. The third kappa shape index (κ3) is 4.40. The average molecular weight is 283 g/mol. The zero-order valence-electron chi connectivity index (χ0n) is 11.2. The number of hydrogen-bond acceptors (Lipinski definition) is 5. The number of methoxy groups -OCH3 is 1. The zero-order valence-corrected chi connectivity index (χ0v) is 12.0. The van der Waals surface area contributed by atoms with E-state index in [0.29, 0.717) is 17.9 Å². The molecule has 0 amide bonds. The van der Waals surface area contributed by atoms with Crippen molar-refractivity contribution in [2.75, 3.05) is 13.4 Å². The summed E-state index contributed by atoms with van der Waals surface area (Å²) >= 11 is 0. The molecular weight excluding hydrogens is 266 g/mol. The van der Waals surface area contributed by atoms with Crippen LogP contribution in [-0.4, -0.2) is 27.5 Å². The van der Waals surface area contributed by atoms with Crippen LogP contribution in [0.5, 0.6) is 5.75 Å². The minimum absolute atomic E-state index is 0.530. The molecule has 0 aliphatic rings. The quantitative estimate of drug-likeness (QED) is 0.594. The number of oxime groups is 1. The van der Waals surface area contributed by atoms with Crippen molar-refractivity contribution in [3.8, 4) is 5.75 Å². The van der Waals surface area contributed by atoms with Gasteiger partial charge in [-0.2, -0.15) is 8.42 Å². The molecule has 0 spiro atoms. The van der Waals surface area contributed by atoms with Crippen LogP contribution in [0.2, 0.25) is 0 Å². The van der Waals surface area contributed by atoms with Gasteiger partial charge < -0.3 is 4.74 Å².